The van der Waals surface area contributed by atoms with Gasteiger partial charge in [0.25, 0.3) is 0 Å². The van der Waals surface area contributed by atoms with Crippen molar-refractivity contribution in [1.82, 2.24) is 4.90 Å². The monoisotopic (exact) mass is 233 g/mol. The van der Waals surface area contributed by atoms with Gasteiger partial charge in [0.1, 0.15) is 10.4 Å². The van der Waals surface area contributed by atoms with Crippen LogP contribution in [0.1, 0.15) is 20.3 Å². The van der Waals surface area contributed by atoms with E-state index in [2.05, 4.69) is 0 Å². The lowest BCUT2D eigenvalue weighted by Crippen LogP contribution is -2.44. The summed E-state index contributed by atoms with van der Waals surface area (Å²) in [6.07, 6.45) is 1.08. The smallest absolute Gasteiger partial charge is 0.328 e. The molecule has 5 heteroatoms. The van der Waals surface area contributed by atoms with E-state index in [4.69, 9.17) is 17.0 Å². The van der Waals surface area contributed by atoms with Crippen LogP contribution >= 0.6 is 24.0 Å². The maximum Gasteiger partial charge on any atom is 0.328 e. The van der Waals surface area contributed by atoms with E-state index in [1.54, 1.807) is 11.8 Å². The van der Waals surface area contributed by atoms with Crippen LogP contribution in [0, 0.1) is 0 Å². The second-order valence-corrected chi connectivity index (χ2v) is 4.82. The zero-order valence-corrected chi connectivity index (χ0v) is 10.1. The highest BCUT2D eigenvalue weighted by atomic mass is 32.2. The number of esters is 1. The number of nitrogens with zero attached hydrogens (tertiary/aromatic N) is 1. The van der Waals surface area contributed by atoms with Crippen molar-refractivity contribution in [3.8, 4) is 0 Å². The molecule has 0 N–H and O–H groups in total. The van der Waals surface area contributed by atoms with Gasteiger partial charge in [-0.2, -0.15) is 0 Å². The Labute approximate surface area is 94.2 Å². The summed E-state index contributed by atoms with van der Waals surface area (Å²) >= 11 is 6.83. The second kappa shape index (κ2) is 5.56. The summed E-state index contributed by atoms with van der Waals surface area (Å²) in [7, 11) is 0. The van der Waals surface area contributed by atoms with E-state index in [-0.39, 0.29) is 12.0 Å². The highest BCUT2D eigenvalue weighted by molar-refractivity contribution is 8.22. The second-order valence-electron chi connectivity index (χ2n) is 3.09. The minimum atomic E-state index is -0.241. The Morgan fingerprint density at radius 2 is 2.50 bits per heavy atom. The average Bonchev–Trinajstić information content (AvgIpc) is 2.18. The van der Waals surface area contributed by atoms with E-state index in [1.807, 2.05) is 18.7 Å². The Balaban J connectivity index is 2.53. The Morgan fingerprint density at radius 3 is 3.07 bits per heavy atom. The molecule has 0 bridgehead atoms. The number of carbonyl (C=O) groups is 1. The molecule has 0 radical (unpaired) electrons. The summed E-state index contributed by atoms with van der Waals surface area (Å²) in [5, 5.41) is 0. The molecule has 0 aromatic carbocycles. The minimum absolute atomic E-state index is 0.183. The van der Waals surface area contributed by atoms with E-state index in [0.29, 0.717) is 6.61 Å². The lowest BCUT2D eigenvalue weighted by Gasteiger charge is -2.32. The summed E-state index contributed by atoms with van der Waals surface area (Å²) in [4.78, 5) is 13.4. The summed E-state index contributed by atoms with van der Waals surface area (Å²) in [6.45, 7) is 4.95. The summed E-state index contributed by atoms with van der Waals surface area (Å²) in [5.41, 5.74) is 0. The van der Waals surface area contributed by atoms with Crippen molar-refractivity contribution in [2.75, 3.05) is 18.9 Å². The van der Waals surface area contributed by atoms with Crippen LogP contribution in [0.3, 0.4) is 0 Å². The van der Waals surface area contributed by atoms with Crippen molar-refractivity contribution >= 4 is 34.3 Å². The molecule has 80 valence electrons. The van der Waals surface area contributed by atoms with Crippen molar-refractivity contribution in [3.63, 3.8) is 0 Å². The average molecular weight is 233 g/mol. The van der Waals surface area contributed by atoms with E-state index in [9.17, 15) is 4.79 Å². The fourth-order valence-corrected chi connectivity index (χ4v) is 2.67. The lowest BCUT2D eigenvalue weighted by molar-refractivity contribution is -0.147. The highest BCUT2D eigenvalue weighted by Crippen LogP contribution is 2.20. The van der Waals surface area contributed by atoms with Crippen molar-refractivity contribution in [2.24, 2.45) is 0 Å². The molecule has 0 aromatic rings. The molecule has 1 atom stereocenters. The van der Waals surface area contributed by atoms with Crippen molar-refractivity contribution in [1.29, 1.82) is 0 Å². The first-order valence-corrected chi connectivity index (χ1v) is 6.16. The third-order valence-electron chi connectivity index (χ3n) is 2.10. The Morgan fingerprint density at radius 1 is 1.79 bits per heavy atom. The van der Waals surface area contributed by atoms with Gasteiger partial charge in [0, 0.05) is 12.3 Å². The fraction of sp³-hybridized carbons (Fsp3) is 0.778. The molecule has 0 spiro atoms. The van der Waals surface area contributed by atoms with Crippen LogP contribution in [-0.4, -0.2) is 40.1 Å². The van der Waals surface area contributed by atoms with Crippen LogP contribution < -0.4 is 0 Å². The minimum Gasteiger partial charge on any atom is -0.464 e. The van der Waals surface area contributed by atoms with Gasteiger partial charge in [-0.15, -0.1) is 0 Å². The molecule has 0 aliphatic carbocycles. The molecule has 0 amide bonds. The van der Waals surface area contributed by atoms with Crippen LogP contribution in [0.25, 0.3) is 0 Å². The highest BCUT2D eigenvalue weighted by Gasteiger charge is 2.26. The van der Waals surface area contributed by atoms with Gasteiger partial charge in [-0.25, -0.2) is 4.79 Å². The Hall–Kier alpha value is -0.290. The predicted octanol–water partition coefficient (Wildman–Crippen LogP) is 1.66. The lowest BCUT2D eigenvalue weighted by atomic mass is 10.3. The van der Waals surface area contributed by atoms with Crippen LogP contribution in [0.4, 0.5) is 0 Å². The van der Waals surface area contributed by atoms with Gasteiger partial charge in [0.15, 0.2) is 0 Å². The maximum absolute atomic E-state index is 11.5. The molecule has 1 heterocycles. The molecule has 0 unspecified atom stereocenters. The quantitative estimate of drug-likeness (QED) is 0.546. The van der Waals surface area contributed by atoms with E-state index < -0.39 is 0 Å². The van der Waals surface area contributed by atoms with Crippen LogP contribution in [0.5, 0.6) is 0 Å². The number of carbonyl (C=O) groups excluding carboxylic acids is 1. The first kappa shape index (κ1) is 11.8. The van der Waals surface area contributed by atoms with Crippen molar-refractivity contribution in [3.05, 3.63) is 0 Å². The predicted molar refractivity (Wildman–Crippen MR) is 62.5 cm³/mol. The molecule has 3 nitrogen and oxygen atoms in total. The van der Waals surface area contributed by atoms with Crippen LogP contribution in [0.2, 0.25) is 0 Å². The van der Waals surface area contributed by atoms with Gasteiger partial charge in [-0.3, -0.25) is 0 Å². The Kier molecular flexibility index (Phi) is 4.68. The summed E-state index contributed by atoms with van der Waals surface area (Å²) < 4.78 is 5.77. The first-order valence-electron chi connectivity index (χ1n) is 4.77. The van der Waals surface area contributed by atoms with E-state index >= 15 is 0 Å². The van der Waals surface area contributed by atoms with Gasteiger partial charge < -0.3 is 9.64 Å². The molecule has 1 fully saturated rings. The number of hydrogen-bond acceptors (Lipinski definition) is 4. The SMILES string of the molecule is CCOC(=O)[C@@H](C)N1CCCSC1=S. The maximum atomic E-state index is 11.5. The van der Waals surface area contributed by atoms with E-state index in [1.165, 1.54) is 0 Å². The van der Waals surface area contributed by atoms with E-state index in [0.717, 1.165) is 23.0 Å². The number of thioether (sulfide) groups is 1. The standard InChI is InChI=1S/C9H15NO2S2/c1-3-12-8(11)7(2)10-5-4-6-14-9(10)13/h7H,3-6H2,1-2H3/t7-/m1/s1. The first-order chi connectivity index (χ1) is 6.66. The molecule has 0 aromatic heterocycles. The molecule has 1 aliphatic rings. The molecular weight excluding hydrogens is 218 g/mol. The molecule has 1 rings (SSSR count). The van der Waals surface area contributed by atoms with Gasteiger partial charge in [-0.05, 0) is 20.3 Å². The van der Waals surface area contributed by atoms with Gasteiger partial charge in [-0.1, -0.05) is 24.0 Å². The number of ether oxygens (including phenoxy) is 1. The Bertz CT molecular complexity index is 233. The van der Waals surface area contributed by atoms with Crippen molar-refractivity contribution < 1.29 is 9.53 Å². The fourth-order valence-electron chi connectivity index (χ4n) is 1.31. The normalized spacial score (nSPS) is 19.3. The molecular formula is C9H15NO2S2. The number of thiocarbonyl (C=S) groups is 1. The zero-order chi connectivity index (χ0) is 10.6. The van der Waals surface area contributed by atoms with Gasteiger partial charge >= 0.3 is 5.97 Å². The topological polar surface area (TPSA) is 29.5 Å². The van der Waals surface area contributed by atoms with Gasteiger partial charge in [0.05, 0.1) is 6.61 Å². The largest absolute Gasteiger partial charge is 0.464 e. The zero-order valence-electron chi connectivity index (χ0n) is 8.49. The summed E-state index contributed by atoms with van der Waals surface area (Å²) in [6, 6.07) is -0.241. The third kappa shape index (κ3) is 2.85. The molecule has 1 aliphatic heterocycles. The van der Waals surface area contributed by atoms with Crippen LogP contribution in [0.15, 0.2) is 0 Å². The molecule has 14 heavy (non-hydrogen) atoms. The molecule has 0 saturated carbocycles. The van der Waals surface area contributed by atoms with Gasteiger partial charge in [0.2, 0.25) is 0 Å². The number of hydrogen-bond donors (Lipinski definition) is 0. The molecule has 1 saturated heterocycles. The van der Waals surface area contributed by atoms with Crippen molar-refractivity contribution in [2.45, 2.75) is 26.3 Å². The summed E-state index contributed by atoms with van der Waals surface area (Å²) in [5.74, 6) is 0.877. The third-order valence-corrected chi connectivity index (χ3v) is 3.66. The number of rotatable bonds is 3. The van der Waals surface area contributed by atoms with Crippen LogP contribution in [-0.2, 0) is 9.53 Å².